The number of rotatable bonds is 2. The Kier molecular flexibility index (Phi) is 3.08. The summed E-state index contributed by atoms with van der Waals surface area (Å²) in [7, 11) is 0. The molecular weight excluding hydrogens is 216 g/mol. The van der Waals surface area contributed by atoms with Crippen LogP contribution in [0.25, 0.3) is 0 Å². The molecule has 4 heteroatoms. The summed E-state index contributed by atoms with van der Waals surface area (Å²) in [4.78, 5) is 25.4. The van der Waals surface area contributed by atoms with Crippen LogP contribution in [-0.4, -0.2) is 36.3 Å². The molecule has 2 amide bonds. The van der Waals surface area contributed by atoms with E-state index in [2.05, 4.69) is 12.2 Å². The lowest BCUT2D eigenvalue weighted by Crippen LogP contribution is -2.45. The summed E-state index contributed by atoms with van der Waals surface area (Å²) in [6.07, 6.45) is 2.03. The topological polar surface area (TPSA) is 49.4 Å². The zero-order chi connectivity index (χ0) is 12.6. The van der Waals surface area contributed by atoms with Crippen LogP contribution >= 0.6 is 0 Å². The largest absolute Gasteiger partial charge is 0.317 e. The van der Waals surface area contributed by atoms with E-state index in [1.807, 2.05) is 0 Å². The summed E-state index contributed by atoms with van der Waals surface area (Å²) in [6, 6.07) is 0. The van der Waals surface area contributed by atoms with E-state index >= 15 is 0 Å². The number of nitrogens with zero attached hydrogens (tertiary/aromatic N) is 1. The maximum absolute atomic E-state index is 12.0. The fraction of sp³-hybridized carbons (Fsp3) is 0.692. The molecule has 0 aromatic heterocycles. The maximum Gasteiger partial charge on any atom is 0.256 e. The minimum absolute atomic E-state index is 0.0709. The van der Waals surface area contributed by atoms with E-state index < -0.39 is 0 Å². The smallest absolute Gasteiger partial charge is 0.256 e. The number of nitrogens with one attached hydrogen (secondary N) is 1. The van der Waals surface area contributed by atoms with Gasteiger partial charge in [0.15, 0.2) is 0 Å². The van der Waals surface area contributed by atoms with Crippen LogP contribution in [0, 0.1) is 5.41 Å². The molecule has 2 rings (SSSR count). The molecule has 0 atom stereocenters. The molecule has 0 spiro atoms. The van der Waals surface area contributed by atoms with Crippen LogP contribution in [0.1, 0.15) is 33.6 Å². The van der Waals surface area contributed by atoms with Gasteiger partial charge in [-0.3, -0.25) is 14.5 Å². The number of piperidine rings is 1. The second kappa shape index (κ2) is 4.26. The maximum atomic E-state index is 12.0. The number of hydrogen-bond acceptors (Lipinski definition) is 3. The summed E-state index contributed by atoms with van der Waals surface area (Å²) in [5, 5.41) is 3.31. The Morgan fingerprint density at radius 3 is 2.06 bits per heavy atom. The van der Waals surface area contributed by atoms with Gasteiger partial charge in [-0.1, -0.05) is 6.92 Å². The molecule has 0 bridgehead atoms. The van der Waals surface area contributed by atoms with Crippen LogP contribution in [0.15, 0.2) is 11.1 Å². The molecule has 94 valence electrons. The van der Waals surface area contributed by atoms with E-state index in [1.165, 1.54) is 4.90 Å². The Bertz CT molecular complexity index is 368. The fourth-order valence-electron chi connectivity index (χ4n) is 2.53. The van der Waals surface area contributed by atoms with Crippen molar-refractivity contribution < 1.29 is 9.59 Å². The number of carbonyl (C=O) groups excluding carboxylic acids is 2. The van der Waals surface area contributed by atoms with E-state index in [9.17, 15) is 9.59 Å². The predicted molar refractivity (Wildman–Crippen MR) is 65.3 cm³/mol. The number of carbonyl (C=O) groups is 2. The highest BCUT2D eigenvalue weighted by Gasteiger charge is 2.38. The Morgan fingerprint density at radius 2 is 1.59 bits per heavy atom. The van der Waals surface area contributed by atoms with Gasteiger partial charge >= 0.3 is 0 Å². The van der Waals surface area contributed by atoms with Crippen LogP contribution in [0.2, 0.25) is 0 Å². The molecule has 0 radical (unpaired) electrons. The minimum Gasteiger partial charge on any atom is -0.317 e. The SMILES string of the molecule is CC1=C(C)C(=O)N(CC2(C)CCNCC2)C1=O. The van der Waals surface area contributed by atoms with Crippen LogP contribution in [0.4, 0.5) is 0 Å². The average molecular weight is 236 g/mol. The zero-order valence-electron chi connectivity index (χ0n) is 10.8. The summed E-state index contributed by atoms with van der Waals surface area (Å²) < 4.78 is 0. The molecule has 0 aliphatic carbocycles. The highest BCUT2D eigenvalue weighted by molar-refractivity contribution is 6.18. The van der Waals surface area contributed by atoms with Crippen molar-refractivity contribution in [2.45, 2.75) is 33.6 Å². The number of imide groups is 1. The monoisotopic (exact) mass is 236 g/mol. The minimum atomic E-state index is -0.104. The van der Waals surface area contributed by atoms with Crippen molar-refractivity contribution in [3.05, 3.63) is 11.1 Å². The van der Waals surface area contributed by atoms with Crippen molar-refractivity contribution >= 4 is 11.8 Å². The molecule has 1 fully saturated rings. The second-order valence-corrected chi connectivity index (χ2v) is 5.51. The number of amides is 2. The van der Waals surface area contributed by atoms with E-state index in [1.54, 1.807) is 13.8 Å². The van der Waals surface area contributed by atoms with Crippen molar-refractivity contribution in [3.63, 3.8) is 0 Å². The lowest BCUT2D eigenvalue weighted by Gasteiger charge is -2.36. The molecule has 17 heavy (non-hydrogen) atoms. The quantitative estimate of drug-likeness (QED) is 0.730. The first kappa shape index (κ1) is 12.3. The fourth-order valence-corrected chi connectivity index (χ4v) is 2.53. The summed E-state index contributed by atoms with van der Waals surface area (Å²) in [6.45, 7) is 8.13. The first-order valence-corrected chi connectivity index (χ1v) is 6.19. The van der Waals surface area contributed by atoms with Gasteiger partial charge in [0.05, 0.1) is 0 Å². The summed E-state index contributed by atoms with van der Waals surface area (Å²) in [5.74, 6) is -0.209. The van der Waals surface area contributed by atoms with Crippen LogP contribution in [0.5, 0.6) is 0 Å². The van der Waals surface area contributed by atoms with Crippen LogP contribution in [-0.2, 0) is 9.59 Å². The number of hydrogen-bond donors (Lipinski definition) is 1. The third kappa shape index (κ3) is 2.14. The van der Waals surface area contributed by atoms with Gasteiger partial charge in [0.25, 0.3) is 11.8 Å². The van der Waals surface area contributed by atoms with E-state index in [4.69, 9.17) is 0 Å². The van der Waals surface area contributed by atoms with Gasteiger partial charge in [-0.15, -0.1) is 0 Å². The molecule has 1 N–H and O–H groups in total. The third-order valence-electron chi connectivity index (χ3n) is 4.04. The normalized spacial score (nSPS) is 24.8. The van der Waals surface area contributed by atoms with E-state index in [0.717, 1.165) is 25.9 Å². The summed E-state index contributed by atoms with van der Waals surface area (Å²) in [5.41, 5.74) is 1.28. The van der Waals surface area contributed by atoms with Crippen molar-refractivity contribution in [1.82, 2.24) is 10.2 Å². The van der Waals surface area contributed by atoms with Gasteiger partial charge in [-0.05, 0) is 45.2 Å². The molecule has 0 aromatic carbocycles. The van der Waals surface area contributed by atoms with Gasteiger partial charge in [0.2, 0.25) is 0 Å². The Balaban J connectivity index is 2.10. The molecule has 1 saturated heterocycles. The van der Waals surface area contributed by atoms with Gasteiger partial charge in [0.1, 0.15) is 0 Å². The second-order valence-electron chi connectivity index (χ2n) is 5.51. The van der Waals surface area contributed by atoms with E-state index in [-0.39, 0.29) is 17.2 Å². The van der Waals surface area contributed by atoms with Crippen molar-refractivity contribution in [1.29, 1.82) is 0 Å². The molecule has 4 nitrogen and oxygen atoms in total. The standard InChI is InChI=1S/C13H20N2O2/c1-9-10(2)12(17)15(11(9)16)8-13(3)4-6-14-7-5-13/h14H,4-8H2,1-3H3. The highest BCUT2D eigenvalue weighted by Crippen LogP contribution is 2.32. The molecule has 2 aliphatic heterocycles. The van der Waals surface area contributed by atoms with Crippen molar-refractivity contribution in [2.75, 3.05) is 19.6 Å². The lowest BCUT2D eigenvalue weighted by atomic mass is 9.80. The molecule has 0 saturated carbocycles. The van der Waals surface area contributed by atoms with Crippen molar-refractivity contribution in [2.24, 2.45) is 5.41 Å². The molecule has 0 aromatic rings. The molecule has 0 unspecified atom stereocenters. The van der Waals surface area contributed by atoms with Gasteiger partial charge < -0.3 is 5.32 Å². The highest BCUT2D eigenvalue weighted by atomic mass is 16.2. The lowest BCUT2D eigenvalue weighted by molar-refractivity contribution is -0.139. The predicted octanol–water partition coefficient (Wildman–Crippen LogP) is 1.08. The molecule has 2 aliphatic rings. The molecule has 2 heterocycles. The van der Waals surface area contributed by atoms with Gasteiger partial charge in [0, 0.05) is 17.7 Å². The van der Waals surface area contributed by atoms with Gasteiger partial charge in [-0.2, -0.15) is 0 Å². The average Bonchev–Trinajstić information content (AvgIpc) is 2.48. The van der Waals surface area contributed by atoms with Crippen molar-refractivity contribution in [3.8, 4) is 0 Å². The first-order valence-electron chi connectivity index (χ1n) is 6.19. The Hall–Kier alpha value is -1.16. The molecular formula is C13H20N2O2. The zero-order valence-corrected chi connectivity index (χ0v) is 10.8. The third-order valence-corrected chi connectivity index (χ3v) is 4.04. The Morgan fingerprint density at radius 1 is 1.12 bits per heavy atom. The van der Waals surface area contributed by atoms with Crippen LogP contribution < -0.4 is 5.32 Å². The van der Waals surface area contributed by atoms with Crippen LogP contribution in [0.3, 0.4) is 0 Å². The van der Waals surface area contributed by atoms with E-state index in [0.29, 0.717) is 17.7 Å². The first-order chi connectivity index (χ1) is 7.94. The van der Waals surface area contributed by atoms with Gasteiger partial charge in [-0.25, -0.2) is 0 Å². The Labute approximate surface area is 102 Å². The summed E-state index contributed by atoms with van der Waals surface area (Å²) >= 11 is 0.